The van der Waals surface area contributed by atoms with Gasteiger partial charge in [0, 0.05) is 37.8 Å². The van der Waals surface area contributed by atoms with Crippen LogP contribution in [0.3, 0.4) is 0 Å². The number of thiophene rings is 1. The molecule has 1 aliphatic rings. The molecule has 1 fully saturated rings. The first kappa shape index (κ1) is 19.7. The number of nitrogens with zero attached hydrogens (tertiary/aromatic N) is 5. The maximum Gasteiger partial charge on any atom is 0.263 e. The lowest BCUT2D eigenvalue weighted by Gasteiger charge is -2.18. The minimum Gasteiger partial charge on any atom is -0.344 e. The van der Waals surface area contributed by atoms with E-state index in [-0.39, 0.29) is 24.3 Å². The minimum atomic E-state index is 0.0232. The van der Waals surface area contributed by atoms with Crippen LogP contribution in [0.1, 0.15) is 27.6 Å². The van der Waals surface area contributed by atoms with E-state index in [0.717, 1.165) is 38.0 Å². The fourth-order valence-corrected chi connectivity index (χ4v) is 5.63. The summed E-state index contributed by atoms with van der Waals surface area (Å²) < 4.78 is 2.77. The Bertz CT molecular complexity index is 1290. The van der Waals surface area contributed by atoms with Crippen molar-refractivity contribution >= 4 is 44.3 Å². The summed E-state index contributed by atoms with van der Waals surface area (Å²) in [6.07, 6.45) is 0.846. The number of aromatic nitrogens is 3. The van der Waals surface area contributed by atoms with Crippen molar-refractivity contribution in [2.45, 2.75) is 18.9 Å². The number of carbonyl (C=O) groups excluding carboxylic acids is 2. The lowest BCUT2D eigenvalue weighted by molar-refractivity contribution is -0.130. The summed E-state index contributed by atoms with van der Waals surface area (Å²) in [5.74, 6) is 0.194. The van der Waals surface area contributed by atoms with Gasteiger partial charge in [-0.15, -0.1) is 16.4 Å². The normalized spacial score (nSPS) is 16.3. The highest BCUT2D eigenvalue weighted by Gasteiger charge is 2.33. The average Bonchev–Trinajstić information content (AvgIpc) is 3.49. The number of amides is 2. The van der Waals surface area contributed by atoms with E-state index in [0.29, 0.717) is 13.1 Å². The third-order valence-corrected chi connectivity index (χ3v) is 7.06. The zero-order valence-electron chi connectivity index (χ0n) is 17.5. The quantitative estimate of drug-likeness (QED) is 0.495. The van der Waals surface area contributed by atoms with Gasteiger partial charge < -0.3 is 9.80 Å². The van der Waals surface area contributed by atoms with E-state index in [1.807, 2.05) is 41.3 Å². The first-order valence-electron chi connectivity index (χ1n) is 10.3. The molecule has 2 aromatic heterocycles. The van der Waals surface area contributed by atoms with Crippen molar-refractivity contribution in [2.24, 2.45) is 0 Å². The summed E-state index contributed by atoms with van der Waals surface area (Å²) in [7, 11) is 3.56. The van der Waals surface area contributed by atoms with E-state index < -0.39 is 0 Å². The standard InChI is InChI=1S/C23H23N5O2S/c1-26(2)23(30)22-21(16-7-3-6-10-19(16)31-22)15-11-12-27(13-15)20(29)14-28-18-9-5-4-8-17(18)24-25-28/h3-10,15H,11-14H2,1-2H3. The number of hydrogen-bond acceptors (Lipinski definition) is 5. The number of rotatable bonds is 4. The molecule has 158 valence electrons. The van der Waals surface area contributed by atoms with Gasteiger partial charge in [0.1, 0.15) is 12.1 Å². The number of likely N-dealkylation sites (tertiary alicyclic amines) is 1. The molecular weight excluding hydrogens is 410 g/mol. The second-order valence-corrected chi connectivity index (χ2v) is 9.15. The van der Waals surface area contributed by atoms with Gasteiger partial charge in [-0.2, -0.15) is 0 Å². The maximum absolute atomic E-state index is 13.0. The van der Waals surface area contributed by atoms with Crippen LogP contribution in [0.25, 0.3) is 21.1 Å². The Morgan fingerprint density at radius 3 is 2.74 bits per heavy atom. The van der Waals surface area contributed by atoms with E-state index >= 15 is 0 Å². The first-order valence-corrected chi connectivity index (χ1v) is 11.1. The summed E-state index contributed by atoms with van der Waals surface area (Å²) in [5.41, 5.74) is 2.72. The van der Waals surface area contributed by atoms with Gasteiger partial charge in [0.25, 0.3) is 5.91 Å². The molecule has 2 amide bonds. The summed E-state index contributed by atoms with van der Waals surface area (Å²) in [4.78, 5) is 30.2. The molecule has 1 unspecified atom stereocenters. The van der Waals surface area contributed by atoms with Gasteiger partial charge in [0.15, 0.2) is 0 Å². The summed E-state index contributed by atoms with van der Waals surface area (Å²) in [6, 6.07) is 15.8. The first-order chi connectivity index (χ1) is 15.0. The van der Waals surface area contributed by atoms with Crippen molar-refractivity contribution in [3.8, 4) is 0 Å². The number of hydrogen-bond donors (Lipinski definition) is 0. The number of benzene rings is 2. The van der Waals surface area contributed by atoms with Crippen LogP contribution in [0.15, 0.2) is 48.5 Å². The van der Waals surface area contributed by atoms with Gasteiger partial charge in [-0.05, 0) is 35.6 Å². The van der Waals surface area contributed by atoms with Gasteiger partial charge in [0.05, 0.1) is 10.4 Å². The molecule has 0 saturated carbocycles. The largest absolute Gasteiger partial charge is 0.344 e. The second-order valence-electron chi connectivity index (χ2n) is 8.10. The Balaban J connectivity index is 1.40. The van der Waals surface area contributed by atoms with Crippen LogP contribution in [0.5, 0.6) is 0 Å². The molecule has 4 aromatic rings. The molecular formula is C23H23N5O2S. The number of carbonyl (C=O) groups is 2. The Morgan fingerprint density at radius 2 is 1.90 bits per heavy atom. The molecule has 0 aliphatic carbocycles. The van der Waals surface area contributed by atoms with Gasteiger partial charge in [-0.1, -0.05) is 35.5 Å². The summed E-state index contributed by atoms with van der Waals surface area (Å²) in [6.45, 7) is 1.46. The Kier molecular flexibility index (Phi) is 4.94. The Morgan fingerprint density at radius 1 is 1.13 bits per heavy atom. The van der Waals surface area contributed by atoms with Crippen LogP contribution in [-0.4, -0.2) is 63.8 Å². The van der Waals surface area contributed by atoms with Crippen molar-refractivity contribution < 1.29 is 9.59 Å². The third kappa shape index (κ3) is 3.46. The Labute approximate surface area is 183 Å². The fourth-order valence-electron chi connectivity index (χ4n) is 4.32. The molecule has 31 heavy (non-hydrogen) atoms. The smallest absolute Gasteiger partial charge is 0.263 e. The molecule has 0 radical (unpaired) electrons. The van der Waals surface area contributed by atoms with Crippen LogP contribution >= 0.6 is 11.3 Å². The van der Waals surface area contributed by atoms with Gasteiger partial charge in [-0.25, -0.2) is 4.68 Å². The van der Waals surface area contributed by atoms with Crippen molar-refractivity contribution in [3.05, 3.63) is 59.0 Å². The highest BCUT2D eigenvalue weighted by Crippen LogP contribution is 2.40. The highest BCUT2D eigenvalue weighted by molar-refractivity contribution is 7.21. The van der Waals surface area contributed by atoms with Crippen molar-refractivity contribution in [3.63, 3.8) is 0 Å². The molecule has 2 aromatic carbocycles. The van der Waals surface area contributed by atoms with E-state index in [4.69, 9.17) is 0 Å². The zero-order valence-corrected chi connectivity index (χ0v) is 18.3. The van der Waals surface area contributed by atoms with Crippen molar-refractivity contribution in [1.29, 1.82) is 0 Å². The van der Waals surface area contributed by atoms with E-state index in [2.05, 4.69) is 22.4 Å². The van der Waals surface area contributed by atoms with E-state index in [9.17, 15) is 9.59 Å². The Hall–Kier alpha value is -3.26. The molecule has 1 saturated heterocycles. The lowest BCUT2D eigenvalue weighted by atomic mass is 9.95. The second kappa shape index (κ2) is 7.77. The fraction of sp³-hybridized carbons (Fsp3) is 0.304. The van der Waals surface area contributed by atoms with Crippen LogP contribution in [-0.2, 0) is 11.3 Å². The maximum atomic E-state index is 13.0. The van der Waals surface area contributed by atoms with Crippen LogP contribution in [0.2, 0.25) is 0 Å². The predicted molar refractivity (Wildman–Crippen MR) is 121 cm³/mol. The molecule has 0 bridgehead atoms. The topological polar surface area (TPSA) is 71.3 Å². The third-order valence-electron chi connectivity index (χ3n) is 5.89. The molecule has 0 spiro atoms. The monoisotopic (exact) mass is 433 g/mol. The summed E-state index contributed by atoms with van der Waals surface area (Å²) >= 11 is 1.54. The molecule has 0 N–H and O–H groups in total. The van der Waals surface area contributed by atoms with Crippen molar-refractivity contribution in [2.75, 3.05) is 27.2 Å². The van der Waals surface area contributed by atoms with Crippen LogP contribution in [0.4, 0.5) is 0 Å². The van der Waals surface area contributed by atoms with E-state index in [1.165, 1.54) is 0 Å². The molecule has 1 aliphatic heterocycles. The predicted octanol–water partition coefficient (Wildman–Crippen LogP) is 3.36. The molecule has 3 heterocycles. The average molecular weight is 434 g/mol. The van der Waals surface area contributed by atoms with Crippen LogP contribution in [0, 0.1) is 0 Å². The number of para-hydroxylation sites is 1. The SMILES string of the molecule is CN(C)C(=O)c1sc2ccccc2c1C1CCN(C(=O)Cn2nnc3ccccc32)C1. The van der Waals surface area contributed by atoms with E-state index in [1.54, 1.807) is 35.0 Å². The summed E-state index contributed by atoms with van der Waals surface area (Å²) in [5, 5.41) is 9.41. The molecule has 1 atom stereocenters. The van der Waals surface area contributed by atoms with Gasteiger partial charge in [0.2, 0.25) is 5.91 Å². The van der Waals surface area contributed by atoms with Crippen molar-refractivity contribution in [1.82, 2.24) is 24.8 Å². The lowest BCUT2D eigenvalue weighted by Crippen LogP contribution is -2.32. The number of fused-ring (bicyclic) bond motifs is 2. The van der Waals surface area contributed by atoms with Crippen LogP contribution < -0.4 is 0 Å². The zero-order chi connectivity index (χ0) is 21.5. The van der Waals surface area contributed by atoms with Gasteiger partial charge in [-0.3, -0.25) is 9.59 Å². The molecule has 7 nitrogen and oxygen atoms in total. The minimum absolute atomic E-state index is 0.0232. The molecule has 8 heteroatoms. The molecule has 5 rings (SSSR count). The van der Waals surface area contributed by atoms with Gasteiger partial charge >= 0.3 is 0 Å². The highest BCUT2D eigenvalue weighted by atomic mass is 32.1.